The lowest BCUT2D eigenvalue weighted by molar-refractivity contribution is -0.117. The first kappa shape index (κ1) is 14.7. The van der Waals surface area contributed by atoms with Gasteiger partial charge in [0.25, 0.3) is 0 Å². The fourth-order valence-corrected chi connectivity index (χ4v) is 2.47. The number of benzene rings is 1. The van der Waals surface area contributed by atoms with Crippen LogP contribution in [0.3, 0.4) is 0 Å². The molecule has 2 N–H and O–H groups in total. The summed E-state index contributed by atoms with van der Waals surface area (Å²) in [4.78, 5) is 25.2. The maximum absolute atomic E-state index is 11.9. The standard InChI is InChI=1S/C14H17ClN2O3/c1-2-20-14(19)10-3-4-12(11(16)6-10)17-8-9(7-15)5-13(17)18/h3-4,6,9H,2,5,7-8,16H2,1H3. The van der Waals surface area contributed by atoms with Crippen LogP contribution in [0.15, 0.2) is 18.2 Å². The highest BCUT2D eigenvalue weighted by molar-refractivity contribution is 6.18. The Bertz CT molecular complexity index is 533. The molecule has 0 aliphatic carbocycles. The molecule has 1 aromatic carbocycles. The van der Waals surface area contributed by atoms with Gasteiger partial charge in [-0.15, -0.1) is 11.6 Å². The largest absolute Gasteiger partial charge is 0.462 e. The molecular weight excluding hydrogens is 280 g/mol. The number of carbonyl (C=O) groups excluding carboxylic acids is 2. The molecule has 1 aromatic rings. The third-order valence-corrected chi connectivity index (χ3v) is 3.69. The Hall–Kier alpha value is -1.75. The minimum atomic E-state index is -0.419. The average molecular weight is 297 g/mol. The van der Waals surface area contributed by atoms with E-state index in [9.17, 15) is 9.59 Å². The van der Waals surface area contributed by atoms with Gasteiger partial charge in [-0.3, -0.25) is 4.79 Å². The molecule has 1 aliphatic rings. The molecule has 5 nitrogen and oxygen atoms in total. The smallest absolute Gasteiger partial charge is 0.338 e. The fourth-order valence-electron chi connectivity index (χ4n) is 2.26. The Morgan fingerprint density at radius 1 is 1.55 bits per heavy atom. The summed E-state index contributed by atoms with van der Waals surface area (Å²) < 4.78 is 4.91. The van der Waals surface area contributed by atoms with E-state index in [0.717, 1.165) is 0 Å². The molecule has 0 aromatic heterocycles. The highest BCUT2D eigenvalue weighted by atomic mass is 35.5. The van der Waals surface area contributed by atoms with Crippen LogP contribution in [-0.4, -0.2) is 30.9 Å². The van der Waals surface area contributed by atoms with Crippen molar-refractivity contribution >= 4 is 34.9 Å². The van der Waals surface area contributed by atoms with Crippen LogP contribution in [0.2, 0.25) is 0 Å². The number of nitrogens with zero attached hydrogens (tertiary/aromatic N) is 1. The number of esters is 1. The predicted octanol–water partition coefficient (Wildman–Crippen LogP) is 2.04. The number of amides is 1. The number of halogens is 1. The molecule has 1 unspecified atom stereocenters. The summed E-state index contributed by atoms with van der Waals surface area (Å²) in [5.41, 5.74) is 7.34. The number of rotatable bonds is 4. The molecule has 0 radical (unpaired) electrons. The number of anilines is 2. The molecule has 6 heteroatoms. The van der Waals surface area contributed by atoms with Crippen molar-refractivity contribution in [3.8, 4) is 0 Å². The Kier molecular flexibility index (Phi) is 4.49. The van der Waals surface area contributed by atoms with E-state index < -0.39 is 5.97 Å². The lowest BCUT2D eigenvalue weighted by atomic mass is 10.1. The van der Waals surface area contributed by atoms with Crippen molar-refractivity contribution in [2.75, 3.05) is 29.7 Å². The van der Waals surface area contributed by atoms with Gasteiger partial charge in [-0.05, 0) is 31.0 Å². The van der Waals surface area contributed by atoms with Gasteiger partial charge in [0.1, 0.15) is 0 Å². The topological polar surface area (TPSA) is 72.6 Å². The average Bonchev–Trinajstić information content (AvgIpc) is 2.80. The Labute approximate surface area is 122 Å². The van der Waals surface area contributed by atoms with Crippen LogP contribution in [0.5, 0.6) is 0 Å². The summed E-state index contributed by atoms with van der Waals surface area (Å²) >= 11 is 5.80. The molecule has 108 valence electrons. The lowest BCUT2D eigenvalue weighted by Crippen LogP contribution is -2.25. The number of hydrogen-bond donors (Lipinski definition) is 1. The first-order valence-electron chi connectivity index (χ1n) is 6.49. The predicted molar refractivity (Wildman–Crippen MR) is 78.0 cm³/mol. The summed E-state index contributed by atoms with van der Waals surface area (Å²) in [6.07, 6.45) is 0.433. The van der Waals surface area contributed by atoms with E-state index in [1.165, 1.54) is 6.07 Å². The summed E-state index contributed by atoms with van der Waals surface area (Å²) in [7, 11) is 0. The van der Waals surface area contributed by atoms with Crippen LogP contribution in [-0.2, 0) is 9.53 Å². The van der Waals surface area contributed by atoms with Gasteiger partial charge in [0, 0.05) is 18.8 Å². The highest BCUT2D eigenvalue weighted by Gasteiger charge is 2.31. The first-order valence-corrected chi connectivity index (χ1v) is 7.03. The summed E-state index contributed by atoms with van der Waals surface area (Å²) in [6, 6.07) is 4.83. The van der Waals surface area contributed by atoms with E-state index in [1.807, 2.05) is 0 Å². The van der Waals surface area contributed by atoms with Crippen LogP contribution in [0.4, 0.5) is 11.4 Å². The number of ether oxygens (including phenoxy) is 1. The van der Waals surface area contributed by atoms with Gasteiger partial charge >= 0.3 is 5.97 Å². The SMILES string of the molecule is CCOC(=O)c1ccc(N2CC(CCl)CC2=O)c(N)c1. The van der Waals surface area contributed by atoms with Crippen LogP contribution in [0, 0.1) is 5.92 Å². The van der Waals surface area contributed by atoms with E-state index in [4.69, 9.17) is 22.1 Å². The molecule has 0 bridgehead atoms. The van der Waals surface area contributed by atoms with Gasteiger partial charge in [0.15, 0.2) is 0 Å². The molecular formula is C14H17ClN2O3. The molecule has 0 saturated carbocycles. The maximum atomic E-state index is 11.9. The van der Waals surface area contributed by atoms with Crippen molar-refractivity contribution in [3.05, 3.63) is 23.8 Å². The number of nitrogen functional groups attached to an aromatic ring is 1. The van der Waals surface area contributed by atoms with Crippen molar-refractivity contribution in [1.82, 2.24) is 0 Å². The molecule has 2 rings (SSSR count). The number of nitrogens with two attached hydrogens (primary N) is 1. The molecule has 1 aliphatic heterocycles. The summed E-state index contributed by atoms with van der Waals surface area (Å²) in [5.74, 6) is 0.181. The number of alkyl halides is 1. The van der Waals surface area contributed by atoms with Gasteiger partial charge in [-0.2, -0.15) is 0 Å². The zero-order valence-electron chi connectivity index (χ0n) is 11.3. The fraction of sp³-hybridized carbons (Fsp3) is 0.429. The Balaban J connectivity index is 2.22. The molecule has 1 fully saturated rings. The second-order valence-electron chi connectivity index (χ2n) is 4.72. The second kappa shape index (κ2) is 6.13. The zero-order valence-corrected chi connectivity index (χ0v) is 12.0. The zero-order chi connectivity index (χ0) is 14.7. The Morgan fingerprint density at radius 2 is 2.30 bits per heavy atom. The number of carbonyl (C=O) groups is 2. The summed E-state index contributed by atoms with van der Waals surface area (Å²) in [6.45, 7) is 2.61. The molecule has 1 atom stereocenters. The normalized spacial score (nSPS) is 18.4. The van der Waals surface area contributed by atoms with Crippen molar-refractivity contribution in [3.63, 3.8) is 0 Å². The van der Waals surface area contributed by atoms with Crippen LogP contribution < -0.4 is 10.6 Å². The molecule has 1 saturated heterocycles. The van der Waals surface area contributed by atoms with Crippen LogP contribution in [0.25, 0.3) is 0 Å². The highest BCUT2D eigenvalue weighted by Crippen LogP contribution is 2.31. The van der Waals surface area contributed by atoms with Gasteiger partial charge in [-0.25, -0.2) is 4.79 Å². The third-order valence-electron chi connectivity index (χ3n) is 3.25. The van der Waals surface area contributed by atoms with Crippen molar-refractivity contribution in [2.24, 2.45) is 5.92 Å². The van der Waals surface area contributed by atoms with Crippen LogP contribution in [0.1, 0.15) is 23.7 Å². The molecule has 0 spiro atoms. The molecule has 20 heavy (non-hydrogen) atoms. The van der Waals surface area contributed by atoms with E-state index in [2.05, 4.69) is 0 Å². The van der Waals surface area contributed by atoms with Crippen molar-refractivity contribution in [2.45, 2.75) is 13.3 Å². The van der Waals surface area contributed by atoms with Crippen molar-refractivity contribution < 1.29 is 14.3 Å². The van der Waals surface area contributed by atoms with E-state index in [1.54, 1.807) is 24.0 Å². The maximum Gasteiger partial charge on any atom is 0.338 e. The van der Waals surface area contributed by atoms with Gasteiger partial charge in [0.2, 0.25) is 5.91 Å². The minimum Gasteiger partial charge on any atom is -0.462 e. The van der Waals surface area contributed by atoms with Gasteiger partial charge < -0.3 is 15.4 Å². The minimum absolute atomic E-state index is 0.00577. The van der Waals surface area contributed by atoms with E-state index >= 15 is 0 Å². The molecule has 1 heterocycles. The molecule has 1 amide bonds. The monoisotopic (exact) mass is 296 g/mol. The third kappa shape index (κ3) is 2.88. The Morgan fingerprint density at radius 3 is 2.85 bits per heavy atom. The first-order chi connectivity index (χ1) is 9.56. The van der Waals surface area contributed by atoms with Crippen LogP contribution >= 0.6 is 11.6 Å². The number of hydrogen-bond acceptors (Lipinski definition) is 4. The van der Waals surface area contributed by atoms with E-state index in [-0.39, 0.29) is 11.8 Å². The van der Waals surface area contributed by atoms with Gasteiger partial charge in [0.05, 0.1) is 23.5 Å². The quantitative estimate of drug-likeness (QED) is 0.524. The lowest BCUT2D eigenvalue weighted by Gasteiger charge is -2.19. The summed E-state index contributed by atoms with van der Waals surface area (Å²) in [5, 5.41) is 0. The second-order valence-corrected chi connectivity index (χ2v) is 5.03. The van der Waals surface area contributed by atoms with Gasteiger partial charge in [-0.1, -0.05) is 0 Å². The van der Waals surface area contributed by atoms with Crippen molar-refractivity contribution in [1.29, 1.82) is 0 Å². The van der Waals surface area contributed by atoms with E-state index in [0.29, 0.717) is 42.4 Å².